The van der Waals surface area contributed by atoms with Crippen LogP contribution in [0.15, 0.2) is 24.3 Å². The van der Waals surface area contributed by atoms with Gasteiger partial charge in [-0.3, -0.25) is 14.4 Å². The summed E-state index contributed by atoms with van der Waals surface area (Å²) in [5, 5.41) is 6.17. The number of hydrogen-bond acceptors (Lipinski definition) is 6. The van der Waals surface area contributed by atoms with E-state index in [-0.39, 0.29) is 42.4 Å². The molecule has 7 nitrogen and oxygen atoms in total. The number of Topliss-reactive ketones (excluding diaryl/α,β-unsaturated/α-hetero) is 1. The Hall–Kier alpha value is -2.06. The maximum absolute atomic E-state index is 12.4. The maximum Gasteiger partial charge on any atom is 0.240 e. The predicted octanol–water partition coefficient (Wildman–Crippen LogP) is 1.29. The number of carbonyl (C=O) groups excluding carboxylic acids is 3. The van der Waals surface area contributed by atoms with E-state index >= 15 is 0 Å². The topological polar surface area (TPSA) is 87.7 Å². The summed E-state index contributed by atoms with van der Waals surface area (Å²) >= 11 is 1.78. The van der Waals surface area contributed by atoms with E-state index < -0.39 is 0 Å². The minimum atomic E-state index is -0.141. The lowest BCUT2D eigenvalue weighted by Gasteiger charge is -2.19. The van der Waals surface area contributed by atoms with Gasteiger partial charge in [-0.1, -0.05) is 0 Å². The van der Waals surface area contributed by atoms with E-state index in [1.54, 1.807) is 43.1 Å². The van der Waals surface area contributed by atoms with Crippen LogP contribution in [0.4, 0.5) is 0 Å². The van der Waals surface area contributed by atoms with E-state index in [2.05, 4.69) is 10.6 Å². The van der Waals surface area contributed by atoms with Crippen LogP contribution in [0.2, 0.25) is 0 Å². The van der Waals surface area contributed by atoms with E-state index in [4.69, 9.17) is 4.74 Å². The molecule has 2 heterocycles. The van der Waals surface area contributed by atoms with Crippen LogP contribution in [0, 0.1) is 5.92 Å². The highest BCUT2D eigenvalue weighted by Gasteiger charge is 2.33. The molecule has 2 atom stereocenters. The molecule has 2 N–H and O–H groups in total. The van der Waals surface area contributed by atoms with Gasteiger partial charge in [0.2, 0.25) is 11.8 Å². The number of thioether (sulfide) groups is 1. The number of carbonyl (C=O) groups is 3. The van der Waals surface area contributed by atoms with Gasteiger partial charge < -0.3 is 20.3 Å². The molecule has 152 valence electrons. The lowest BCUT2D eigenvalue weighted by Crippen LogP contribution is -2.42. The van der Waals surface area contributed by atoms with Crippen molar-refractivity contribution in [1.29, 1.82) is 0 Å². The number of ether oxygens (including phenoxy) is 1. The van der Waals surface area contributed by atoms with Gasteiger partial charge in [-0.15, -0.1) is 11.8 Å². The Morgan fingerprint density at radius 1 is 1.25 bits per heavy atom. The first-order valence-electron chi connectivity index (χ1n) is 9.60. The first-order valence-corrected chi connectivity index (χ1v) is 10.8. The summed E-state index contributed by atoms with van der Waals surface area (Å²) in [5.41, 5.74) is 0.579. The van der Waals surface area contributed by atoms with Crippen molar-refractivity contribution in [2.75, 3.05) is 38.4 Å². The zero-order chi connectivity index (χ0) is 19.9. The molecule has 2 amide bonds. The van der Waals surface area contributed by atoms with Crippen LogP contribution in [-0.2, 0) is 9.59 Å². The highest BCUT2D eigenvalue weighted by atomic mass is 32.2. The maximum atomic E-state index is 12.4. The van der Waals surface area contributed by atoms with Crippen molar-refractivity contribution in [2.45, 2.75) is 25.3 Å². The molecule has 8 heteroatoms. The van der Waals surface area contributed by atoms with Crippen LogP contribution in [0.1, 0.15) is 29.6 Å². The van der Waals surface area contributed by atoms with Crippen LogP contribution < -0.4 is 15.4 Å². The Bertz CT molecular complexity index is 704. The Kier molecular flexibility index (Phi) is 7.33. The first kappa shape index (κ1) is 20.7. The summed E-state index contributed by atoms with van der Waals surface area (Å²) in [6, 6.07) is 6.74. The van der Waals surface area contributed by atoms with Crippen LogP contribution in [0.5, 0.6) is 5.75 Å². The third kappa shape index (κ3) is 5.48. The number of ketones is 1. The van der Waals surface area contributed by atoms with E-state index in [1.807, 2.05) is 4.90 Å². The summed E-state index contributed by atoms with van der Waals surface area (Å²) in [7, 11) is 1.57. The lowest BCUT2D eigenvalue weighted by molar-refractivity contribution is -0.131. The minimum Gasteiger partial charge on any atom is -0.497 e. The third-order valence-electron chi connectivity index (χ3n) is 5.16. The SMILES string of the molecule is COc1ccc(C(=O)CCC(=O)NC[C@@H]2CN[C@H](C(=O)N3CCSC3)C2)cc1. The zero-order valence-electron chi connectivity index (χ0n) is 16.1. The number of nitrogens with one attached hydrogen (secondary N) is 2. The molecule has 0 radical (unpaired) electrons. The Morgan fingerprint density at radius 3 is 2.71 bits per heavy atom. The number of rotatable bonds is 8. The molecule has 1 aromatic carbocycles. The number of methoxy groups -OCH3 is 1. The molecule has 3 rings (SSSR count). The third-order valence-corrected chi connectivity index (χ3v) is 6.13. The smallest absolute Gasteiger partial charge is 0.240 e. The molecular weight excluding hydrogens is 378 g/mol. The second-order valence-electron chi connectivity index (χ2n) is 7.16. The molecule has 2 saturated heterocycles. The van der Waals surface area contributed by atoms with Crippen molar-refractivity contribution in [3.63, 3.8) is 0 Å². The van der Waals surface area contributed by atoms with Gasteiger partial charge >= 0.3 is 0 Å². The summed E-state index contributed by atoms with van der Waals surface area (Å²) in [6.45, 7) is 2.08. The van der Waals surface area contributed by atoms with Crippen molar-refractivity contribution in [2.24, 2.45) is 5.92 Å². The molecule has 0 saturated carbocycles. The van der Waals surface area contributed by atoms with E-state index in [0.29, 0.717) is 17.9 Å². The summed E-state index contributed by atoms with van der Waals surface area (Å²) < 4.78 is 5.07. The highest BCUT2D eigenvalue weighted by Crippen LogP contribution is 2.20. The molecule has 2 aliphatic heterocycles. The minimum absolute atomic E-state index is 0.0607. The summed E-state index contributed by atoms with van der Waals surface area (Å²) in [6.07, 6.45) is 1.08. The molecule has 0 unspecified atom stereocenters. The predicted molar refractivity (Wildman–Crippen MR) is 109 cm³/mol. The van der Waals surface area contributed by atoms with Crippen LogP contribution >= 0.6 is 11.8 Å². The van der Waals surface area contributed by atoms with Gasteiger partial charge in [-0.2, -0.15) is 0 Å². The molecular formula is C20H27N3O4S. The standard InChI is InChI=1S/C20H27N3O4S/c1-27-16-4-2-15(3-5-16)18(24)6-7-19(25)22-12-14-10-17(21-11-14)20(26)23-8-9-28-13-23/h2-5,14,17,21H,6-13H2,1H3,(H,22,25)/t14-,17-/m0/s1. The molecule has 0 aromatic heterocycles. The van der Waals surface area contributed by atoms with Gasteiger partial charge in [-0.25, -0.2) is 0 Å². The largest absolute Gasteiger partial charge is 0.497 e. The van der Waals surface area contributed by atoms with Crippen molar-refractivity contribution in [1.82, 2.24) is 15.5 Å². The number of amides is 2. The average Bonchev–Trinajstić information content (AvgIpc) is 3.42. The van der Waals surface area contributed by atoms with E-state index in [0.717, 1.165) is 31.1 Å². The summed E-state index contributed by atoms with van der Waals surface area (Å²) in [5.74, 6) is 2.70. The molecule has 1 aromatic rings. The molecule has 2 fully saturated rings. The van der Waals surface area contributed by atoms with Gasteiger partial charge in [0.15, 0.2) is 5.78 Å². The van der Waals surface area contributed by atoms with Gasteiger partial charge in [0.05, 0.1) is 19.0 Å². The normalized spacial score (nSPS) is 21.5. The van der Waals surface area contributed by atoms with Crippen LogP contribution in [-0.4, -0.2) is 66.9 Å². The van der Waals surface area contributed by atoms with Gasteiger partial charge in [0, 0.05) is 43.8 Å². The fraction of sp³-hybridized carbons (Fsp3) is 0.550. The van der Waals surface area contributed by atoms with Gasteiger partial charge in [0.1, 0.15) is 5.75 Å². The van der Waals surface area contributed by atoms with Crippen molar-refractivity contribution < 1.29 is 19.1 Å². The molecule has 2 aliphatic rings. The number of hydrogen-bond donors (Lipinski definition) is 2. The fourth-order valence-electron chi connectivity index (χ4n) is 3.46. The van der Waals surface area contributed by atoms with Crippen LogP contribution in [0.25, 0.3) is 0 Å². The van der Waals surface area contributed by atoms with Crippen molar-refractivity contribution >= 4 is 29.4 Å². The van der Waals surface area contributed by atoms with Crippen molar-refractivity contribution in [3.05, 3.63) is 29.8 Å². The Morgan fingerprint density at radius 2 is 2.04 bits per heavy atom. The second-order valence-corrected chi connectivity index (χ2v) is 8.23. The van der Waals surface area contributed by atoms with Crippen molar-refractivity contribution in [3.8, 4) is 5.75 Å². The number of nitrogens with zero attached hydrogens (tertiary/aromatic N) is 1. The van der Waals surface area contributed by atoms with E-state index in [1.165, 1.54) is 0 Å². The summed E-state index contributed by atoms with van der Waals surface area (Å²) in [4.78, 5) is 38.6. The molecule has 0 aliphatic carbocycles. The van der Waals surface area contributed by atoms with E-state index in [9.17, 15) is 14.4 Å². The molecule has 0 bridgehead atoms. The Labute approximate surface area is 169 Å². The second kappa shape index (κ2) is 9.93. The lowest BCUT2D eigenvalue weighted by atomic mass is 10.0. The zero-order valence-corrected chi connectivity index (χ0v) is 16.9. The Balaban J connectivity index is 1.35. The molecule has 28 heavy (non-hydrogen) atoms. The van der Waals surface area contributed by atoms with Gasteiger partial charge in [0.25, 0.3) is 0 Å². The molecule has 0 spiro atoms. The quantitative estimate of drug-likeness (QED) is 0.634. The van der Waals surface area contributed by atoms with Gasteiger partial charge in [-0.05, 0) is 36.6 Å². The fourth-order valence-corrected chi connectivity index (χ4v) is 4.41. The van der Waals surface area contributed by atoms with Crippen LogP contribution in [0.3, 0.4) is 0 Å². The monoisotopic (exact) mass is 405 g/mol. The number of benzene rings is 1. The first-order chi connectivity index (χ1) is 13.6. The highest BCUT2D eigenvalue weighted by molar-refractivity contribution is 7.99. The average molecular weight is 406 g/mol.